The lowest BCUT2D eigenvalue weighted by molar-refractivity contribution is -0.0857. The molecule has 2 heterocycles. The Bertz CT molecular complexity index is 955. The van der Waals surface area contributed by atoms with E-state index in [9.17, 15) is 17.6 Å². The zero-order chi connectivity index (χ0) is 19.8. The van der Waals surface area contributed by atoms with E-state index in [1.165, 1.54) is 28.6 Å². The molecule has 28 heavy (non-hydrogen) atoms. The molecule has 4 rings (SSSR count). The molecule has 0 unspecified atom stereocenters. The first-order chi connectivity index (χ1) is 13.4. The Balaban J connectivity index is 1.51. The molecular formula is C20H21FN2O4S. The average molecular weight is 404 g/mol. The number of piperidine rings is 1. The van der Waals surface area contributed by atoms with Gasteiger partial charge in [0.25, 0.3) is 5.91 Å². The molecule has 0 bridgehead atoms. The Hall–Kier alpha value is -2.29. The standard InChI is InChI=1S/C20H21FN2O4S/c21-17-8-6-16(7-9-17)19(24)22-12-10-20(11-13-22)23(14-15-27-20)28(25,26)18-4-2-1-3-5-18/h1-9H,10-15H2. The minimum absolute atomic E-state index is 0.190. The lowest BCUT2D eigenvalue weighted by Gasteiger charge is -2.42. The van der Waals surface area contributed by atoms with Crippen molar-refractivity contribution in [3.63, 3.8) is 0 Å². The summed E-state index contributed by atoms with van der Waals surface area (Å²) in [6, 6.07) is 13.7. The third-order valence-electron chi connectivity index (χ3n) is 5.37. The van der Waals surface area contributed by atoms with E-state index in [0.717, 1.165) is 0 Å². The van der Waals surface area contributed by atoms with Gasteiger partial charge in [0.15, 0.2) is 0 Å². The number of hydrogen-bond acceptors (Lipinski definition) is 4. The zero-order valence-electron chi connectivity index (χ0n) is 15.3. The second kappa shape index (κ2) is 7.27. The first-order valence-electron chi connectivity index (χ1n) is 9.19. The highest BCUT2D eigenvalue weighted by molar-refractivity contribution is 7.89. The van der Waals surface area contributed by atoms with E-state index in [-0.39, 0.29) is 10.8 Å². The minimum atomic E-state index is -3.68. The number of rotatable bonds is 3. The number of benzene rings is 2. The molecule has 8 heteroatoms. The maximum atomic E-state index is 13.1. The van der Waals surface area contributed by atoms with E-state index in [2.05, 4.69) is 0 Å². The Morgan fingerprint density at radius 3 is 2.25 bits per heavy atom. The normalized spacial score (nSPS) is 19.8. The van der Waals surface area contributed by atoms with Crippen molar-refractivity contribution in [3.05, 3.63) is 66.0 Å². The smallest absolute Gasteiger partial charge is 0.253 e. The number of carbonyl (C=O) groups is 1. The molecule has 0 radical (unpaired) electrons. The van der Waals surface area contributed by atoms with E-state index < -0.39 is 21.6 Å². The molecule has 6 nitrogen and oxygen atoms in total. The van der Waals surface area contributed by atoms with E-state index in [4.69, 9.17) is 4.74 Å². The number of likely N-dealkylation sites (tertiary alicyclic amines) is 1. The number of halogens is 1. The molecule has 2 fully saturated rings. The van der Waals surface area contributed by atoms with Gasteiger partial charge in [0, 0.05) is 38.0 Å². The summed E-state index contributed by atoms with van der Waals surface area (Å²) in [7, 11) is -3.68. The van der Waals surface area contributed by atoms with Crippen LogP contribution in [0.1, 0.15) is 23.2 Å². The Kier molecular flexibility index (Phi) is 4.95. The highest BCUT2D eigenvalue weighted by Crippen LogP contribution is 2.38. The van der Waals surface area contributed by atoms with E-state index in [0.29, 0.717) is 44.6 Å². The quantitative estimate of drug-likeness (QED) is 0.788. The van der Waals surface area contributed by atoms with Crippen LogP contribution in [0.4, 0.5) is 4.39 Å². The van der Waals surface area contributed by atoms with Crippen LogP contribution in [0.25, 0.3) is 0 Å². The molecule has 2 saturated heterocycles. The molecule has 1 amide bonds. The van der Waals surface area contributed by atoms with Gasteiger partial charge in [-0.1, -0.05) is 18.2 Å². The van der Waals surface area contributed by atoms with Crippen molar-refractivity contribution in [2.75, 3.05) is 26.2 Å². The van der Waals surface area contributed by atoms with Crippen LogP contribution in [0.2, 0.25) is 0 Å². The molecule has 2 aromatic rings. The van der Waals surface area contributed by atoms with Gasteiger partial charge in [0.05, 0.1) is 11.5 Å². The number of nitrogens with zero attached hydrogens (tertiary/aromatic N) is 2. The predicted molar refractivity (Wildman–Crippen MR) is 101 cm³/mol. The van der Waals surface area contributed by atoms with Crippen LogP contribution in [0.5, 0.6) is 0 Å². The van der Waals surface area contributed by atoms with E-state index >= 15 is 0 Å². The second-order valence-electron chi connectivity index (χ2n) is 6.98. The Morgan fingerprint density at radius 1 is 0.964 bits per heavy atom. The van der Waals surface area contributed by atoms with Crippen LogP contribution in [-0.4, -0.2) is 55.5 Å². The third kappa shape index (κ3) is 3.32. The van der Waals surface area contributed by atoms with Gasteiger partial charge in [-0.25, -0.2) is 12.8 Å². The highest BCUT2D eigenvalue weighted by Gasteiger charge is 2.50. The molecule has 0 aromatic heterocycles. The summed E-state index contributed by atoms with van der Waals surface area (Å²) in [5, 5.41) is 0. The summed E-state index contributed by atoms with van der Waals surface area (Å²) in [5.74, 6) is -0.583. The van der Waals surface area contributed by atoms with Gasteiger partial charge >= 0.3 is 0 Å². The van der Waals surface area contributed by atoms with Gasteiger partial charge < -0.3 is 9.64 Å². The van der Waals surface area contributed by atoms with E-state index in [1.54, 1.807) is 35.2 Å². The van der Waals surface area contributed by atoms with Crippen LogP contribution in [0, 0.1) is 5.82 Å². The summed E-state index contributed by atoms with van der Waals surface area (Å²) < 4.78 is 46.6. The lowest BCUT2D eigenvalue weighted by atomic mass is 10.00. The summed E-state index contributed by atoms with van der Waals surface area (Å²) in [6.07, 6.45) is 0.790. The average Bonchev–Trinajstić information content (AvgIpc) is 3.13. The van der Waals surface area contributed by atoms with Crippen LogP contribution in [0.15, 0.2) is 59.5 Å². The van der Waals surface area contributed by atoms with Crippen molar-refractivity contribution < 1.29 is 22.3 Å². The van der Waals surface area contributed by atoms with Crippen LogP contribution < -0.4 is 0 Å². The molecule has 2 aromatic carbocycles. The Labute approximate surface area is 163 Å². The van der Waals surface area contributed by atoms with Crippen LogP contribution >= 0.6 is 0 Å². The van der Waals surface area contributed by atoms with Crippen molar-refractivity contribution in [2.24, 2.45) is 0 Å². The zero-order valence-corrected chi connectivity index (χ0v) is 16.1. The molecule has 0 saturated carbocycles. The summed E-state index contributed by atoms with van der Waals surface area (Å²) in [5.41, 5.74) is -0.507. The third-order valence-corrected chi connectivity index (χ3v) is 7.34. The predicted octanol–water partition coefficient (Wildman–Crippen LogP) is 2.48. The number of sulfonamides is 1. The maximum Gasteiger partial charge on any atom is 0.253 e. The molecule has 1 spiro atoms. The lowest BCUT2D eigenvalue weighted by Crippen LogP contribution is -2.55. The van der Waals surface area contributed by atoms with Crippen LogP contribution in [0.3, 0.4) is 0 Å². The van der Waals surface area contributed by atoms with Crippen molar-refractivity contribution in [1.29, 1.82) is 0 Å². The van der Waals surface area contributed by atoms with Gasteiger partial charge in [0.1, 0.15) is 11.5 Å². The van der Waals surface area contributed by atoms with Crippen molar-refractivity contribution in [1.82, 2.24) is 9.21 Å². The van der Waals surface area contributed by atoms with E-state index in [1.807, 2.05) is 0 Å². The second-order valence-corrected chi connectivity index (χ2v) is 8.85. The Morgan fingerprint density at radius 2 is 1.61 bits per heavy atom. The molecule has 0 aliphatic carbocycles. The fourth-order valence-corrected chi connectivity index (χ4v) is 5.62. The largest absolute Gasteiger partial charge is 0.358 e. The maximum absolute atomic E-state index is 13.1. The van der Waals surface area contributed by atoms with Crippen molar-refractivity contribution in [3.8, 4) is 0 Å². The summed E-state index contributed by atoms with van der Waals surface area (Å²) in [6.45, 7) is 1.37. The van der Waals surface area contributed by atoms with Crippen molar-refractivity contribution in [2.45, 2.75) is 23.5 Å². The summed E-state index contributed by atoms with van der Waals surface area (Å²) in [4.78, 5) is 14.5. The molecule has 0 atom stereocenters. The van der Waals surface area contributed by atoms with Gasteiger partial charge in [-0.2, -0.15) is 4.31 Å². The first kappa shape index (κ1) is 19.0. The monoisotopic (exact) mass is 404 g/mol. The van der Waals surface area contributed by atoms with Crippen LogP contribution in [-0.2, 0) is 14.8 Å². The summed E-state index contributed by atoms with van der Waals surface area (Å²) >= 11 is 0. The SMILES string of the molecule is O=C(c1ccc(F)cc1)N1CCC2(CC1)OCCN2S(=O)(=O)c1ccccc1. The number of ether oxygens (including phenoxy) is 1. The molecule has 2 aliphatic rings. The number of hydrogen-bond donors (Lipinski definition) is 0. The topological polar surface area (TPSA) is 66.9 Å². The van der Waals surface area contributed by atoms with Gasteiger partial charge in [-0.3, -0.25) is 4.79 Å². The fraction of sp³-hybridized carbons (Fsp3) is 0.350. The number of carbonyl (C=O) groups excluding carboxylic acids is 1. The fourth-order valence-electron chi connectivity index (χ4n) is 3.88. The van der Waals surface area contributed by atoms with Gasteiger partial charge in [0.2, 0.25) is 10.0 Å². The van der Waals surface area contributed by atoms with Gasteiger partial charge in [-0.05, 0) is 36.4 Å². The molecule has 2 aliphatic heterocycles. The number of amides is 1. The first-order valence-corrected chi connectivity index (χ1v) is 10.6. The molecule has 148 valence electrons. The molecule has 0 N–H and O–H groups in total. The van der Waals surface area contributed by atoms with Gasteiger partial charge in [-0.15, -0.1) is 0 Å². The minimum Gasteiger partial charge on any atom is -0.358 e. The molecular weight excluding hydrogens is 383 g/mol. The van der Waals surface area contributed by atoms with Crippen molar-refractivity contribution >= 4 is 15.9 Å². The highest BCUT2D eigenvalue weighted by atomic mass is 32.2.